The number of aliphatic hydroxyl groups is 1. The quantitative estimate of drug-likeness (QED) is 0.471. The molecule has 1 saturated heterocycles. The molecule has 1 fully saturated rings. The van der Waals surface area contributed by atoms with Gasteiger partial charge in [0.15, 0.2) is 0 Å². The highest BCUT2D eigenvalue weighted by Crippen LogP contribution is 2.41. The number of ether oxygens (including phenoxy) is 2. The molecule has 29 heavy (non-hydrogen) atoms. The molecule has 158 valence electrons. The standard InChI is InChI=1S/C23H30FNO3S/c1-27-13-4-3-11-23(26,21-16-25-12-14-28-21)19-9-6-10-20(24)22(19)17-7-5-8-18(15-17)29-2/h5-10,15,21,25-26H,3-4,11-14,16H2,1-2H3/t21-,23?/m1/s1. The Morgan fingerprint density at radius 1 is 1.28 bits per heavy atom. The molecule has 0 saturated carbocycles. The second kappa shape index (κ2) is 10.5. The van der Waals surface area contributed by atoms with E-state index in [1.807, 2.05) is 36.6 Å². The Balaban J connectivity index is 2.05. The molecule has 1 unspecified atom stereocenters. The van der Waals surface area contributed by atoms with E-state index in [2.05, 4.69) is 5.32 Å². The Bertz CT molecular complexity index is 797. The highest BCUT2D eigenvalue weighted by Gasteiger charge is 2.42. The molecule has 0 aliphatic carbocycles. The van der Waals surface area contributed by atoms with Gasteiger partial charge in [-0.15, -0.1) is 11.8 Å². The van der Waals surface area contributed by atoms with E-state index in [1.165, 1.54) is 6.07 Å². The average molecular weight is 420 g/mol. The summed E-state index contributed by atoms with van der Waals surface area (Å²) in [5.41, 5.74) is 0.506. The molecule has 0 aromatic heterocycles. The Kier molecular flexibility index (Phi) is 8.09. The lowest BCUT2D eigenvalue weighted by atomic mass is 9.79. The molecule has 1 aliphatic heterocycles. The van der Waals surface area contributed by atoms with E-state index in [-0.39, 0.29) is 5.82 Å². The van der Waals surface area contributed by atoms with Crippen LogP contribution in [0.15, 0.2) is 47.4 Å². The van der Waals surface area contributed by atoms with E-state index in [4.69, 9.17) is 9.47 Å². The van der Waals surface area contributed by atoms with Gasteiger partial charge in [0.2, 0.25) is 0 Å². The lowest BCUT2D eigenvalue weighted by molar-refractivity contribution is -0.129. The largest absolute Gasteiger partial charge is 0.385 e. The normalized spacial score (nSPS) is 19.1. The monoisotopic (exact) mass is 419 g/mol. The van der Waals surface area contributed by atoms with Gasteiger partial charge in [0.25, 0.3) is 0 Å². The van der Waals surface area contributed by atoms with Crippen LogP contribution in [0, 0.1) is 5.82 Å². The first kappa shape index (κ1) is 22.2. The van der Waals surface area contributed by atoms with Crippen LogP contribution < -0.4 is 5.32 Å². The molecule has 0 radical (unpaired) electrons. The van der Waals surface area contributed by atoms with E-state index < -0.39 is 11.7 Å². The number of morpholine rings is 1. The van der Waals surface area contributed by atoms with Gasteiger partial charge in [-0.05, 0) is 54.8 Å². The minimum atomic E-state index is -1.30. The van der Waals surface area contributed by atoms with Crippen molar-refractivity contribution < 1.29 is 19.0 Å². The summed E-state index contributed by atoms with van der Waals surface area (Å²) >= 11 is 1.61. The van der Waals surface area contributed by atoms with E-state index >= 15 is 4.39 Å². The predicted molar refractivity (Wildman–Crippen MR) is 116 cm³/mol. The van der Waals surface area contributed by atoms with Gasteiger partial charge in [0.1, 0.15) is 17.5 Å². The van der Waals surface area contributed by atoms with Gasteiger partial charge in [-0.2, -0.15) is 0 Å². The van der Waals surface area contributed by atoms with Crippen LogP contribution in [0.1, 0.15) is 24.8 Å². The lowest BCUT2D eigenvalue weighted by Crippen LogP contribution is -2.51. The fourth-order valence-corrected chi connectivity index (χ4v) is 4.40. The zero-order valence-electron chi connectivity index (χ0n) is 17.1. The number of hydrogen-bond acceptors (Lipinski definition) is 5. The third-order valence-electron chi connectivity index (χ3n) is 5.46. The summed E-state index contributed by atoms with van der Waals surface area (Å²) in [5, 5.41) is 15.2. The molecule has 0 spiro atoms. The van der Waals surface area contributed by atoms with Crippen LogP contribution in [0.25, 0.3) is 11.1 Å². The minimum Gasteiger partial charge on any atom is -0.385 e. The van der Waals surface area contributed by atoms with Crippen LogP contribution in [0.2, 0.25) is 0 Å². The maximum atomic E-state index is 15.1. The zero-order chi connectivity index (χ0) is 20.7. The summed E-state index contributed by atoms with van der Waals surface area (Å²) in [7, 11) is 1.67. The van der Waals surface area contributed by atoms with Crippen molar-refractivity contribution in [3.05, 3.63) is 53.8 Å². The van der Waals surface area contributed by atoms with Crippen LogP contribution in [0.3, 0.4) is 0 Å². The predicted octanol–water partition coefficient (Wildman–Crippen LogP) is 4.21. The molecule has 4 nitrogen and oxygen atoms in total. The van der Waals surface area contributed by atoms with Crippen molar-refractivity contribution in [2.45, 2.75) is 35.9 Å². The van der Waals surface area contributed by atoms with Crippen LogP contribution in [-0.2, 0) is 15.1 Å². The SMILES string of the molecule is COCCCCC(O)(c1cccc(F)c1-c1cccc(SC)c1)[C@H]1CNCCO1. The third-order valence-corrected chi connectivity index (χ3v) is 6.18. The molecule has 1 heterocycles. The van der Waals surface area contributed by atoms with Gasteiger partial charge in [-0.1, -0.05) is 24.3 Å². The highest BCUT2D eigenvalue weighted by molar-refractivity contribution is 7.98. The number of rotatable bonds is 9. The van der Waals surface area contributed by atoms with E-state index in [9.17, 15) is 5.11 Å². The Morgan fingerprint density at radius 2 is 2.10 bits per heavy atom. The van der Waals surface area contributed by atoms with Gasteiger partial charge in [0.05, 0.1) is 6.61 Å². The summed E-state index contributed by atoms with van der Waals surface area (Å²) < 4.78 is 26.2. The molecular formula is C23H30FNO3S. The Morgan fingerprint density at radius 3 is 2.83 bits per heavy atom. The van der Waals surface area contributed by atoms with Gasteiger partial charge in [-0.25, -0.2) is 4.39 Å². The number of hydrogen-bond donors (Lipinski definition) is 2. The number of methoxy groups -OCH3 is 1. The second-order valence-corrected chi connectivity index (χ2v) is 8.21. The van der Waals surface area contributed by atoms with Crippen molar-refractivity contribution in [3.8, 4) is 11.1 Å². The topological polar surface area (TPSA) is 50.7 Å². The highest BCUT2D eigenvalue weighted by atomic mass is 32.2. The van der Waals surface area contributed by atoms with Gasteiger partial charge in [-0.3, -0.25) is 0 Å². The third kappa shape index (κ3) is 5.19. The summed E-state index contributed by atoms with van der Waals surface area (Å²) in [6, 6.07) is 12.7. The van der Waals surface area contributed by atoms with Crippen molar-refractivity contribution in [1.29, 1.82) is 0 Å². The van der Waals surface area contributed by atoms with Crippen molar-refractivity contribution in [2.24, 2.45) is 0 Å². The maximum absolute atomic E-state index is 15.1. The molecule has 2 N–H and O–H groups in total. The smallest absolute Gasteiger partial charge is 0.131 e. The maximum Gasteiger partial charge on any atom is 0.131 e. The molecule has 2 atom stereocenters. The molecule has 0 bridgehead atoms. The Hall–Kier alpha value is -1.44. The molecular weight excluding hydrogens is 389 g/mol. The number of halogens is 1. The first-order valence-corrected chi connectivity index (χ1v) is 11.3. The van der Waals surface area contributed by atoms with Crippen molar-refractivity contribution in [1.82, 2.24) is 5.32 Å². The molecule has 6 heteroatoms. The number of unbranched alkanes of at least 4 members (excludes halogenated alkanes) is 1. The molecule has 2 aromatic rings. The zero-order valence-corrected chi connectivity index (χ0v) is 17.9. The molecule has 1 aliphatic rings. The fraction of sp³-hybridized carbons (Fsp3) is 0.478. The lowest BCUT2D eigenvalue weighted by Gasteiger charge is -2.40. The fourth-order valence-electron chi connectivity index (χ4n) is 3.94. The molecule has 0 amide bonds. The molecule has 2 aromatic carbocycles. The first-order valence-electron chi connectivity index (χ1n) is 10.1. The van der Waals surface area contributed by atoms with E-state index in [0.29, 0.717) is 37.3 Å². The van der Waals surface area contributed by atoms with Crippen molar-refractivity contribution >= 4 is 11.8 Å². The summed E-state index contributed by atoms with van der Waals surface area (Å²) in [6.07, 6.45) is 3.61. The molecule has 3 rings (SSSR count). The van der Waals surface area contributed by atoms with Gasteiger partial charge >= 0.3 is 0 Å². The van der Waals surface area contributed by atoms with Crippen LogP contribution in [-0.4, -0.2) is 50.9 Å². The first-order chi connectivity index (χ1) is 14.1. The number of benzene rings is 2. The van der Waals surface area contributed by atoms with E-state index in [0.717, 1.165) is 29.8 Å². The van der Waals surface area contributed by atoms with E-state index in [1.54, 1.807) is 24.9 Å². The van der Waals surface area contributed by atoms with Crippen LogP contribution in [0.5, 0.6) is 0 Å². The number of thioether (sulfide) groups is 1. The summed E-state index contributed by atoms with van der Waals surface area (Å²) in [4.78, 5) is 1.05. The van der Waals surface area contributed by atoms with Crippen molar-refractivity contribution in [3.63, 3.8) is 0 Å². The summed E-state index contributed by atoms with van der Waals surface area (Å²) in [5.74, 6) is -0.333. The van der Waals surface area contributed by atoms with Crippen LogP contribution in [0.4, 0.5) is 4.39 Å². The summed E-state index contributed by atoms with van der Waals surface area (Å²) in [6.45, 7) is 2.44. The number of nitrogens with one attached hydrogen (secondary N) is 1. The average Bonchev–Trinajstić information content (AvgIpc) is 2.77. The second-order valence-electron chi connectivity index (χ2n) is 7.33. The van der Waals surface area contributed by atoms with Crippen molar-refractivity contribution in [2.75, 3.05) is 39.7 Å². The van der Waals surface area contributed by atoms with Gasteiger partial charge < -0.3 is 19.9 Å². The Labute approximate surface area is 176 Å². The van der Waals surface area contributed by atoms with Gasteiger partial charge in [0, 0.05) is 37.3 Å². The van der Waals surface area contributed by atoms with Crippen LogP contribution >= 0.6 is 11.8 Å². The minimum absolute atomic E-state index is 0.333.